The monoisotopic (exact) mass is 1620 g/mol. The fourth-order valence-corrected chi connectivity index (χ4v) is 15.5. The normalized spacial score (nSPS) is 15.2. The summed E-state index contributed by atoms with van der Waals surface area (Å²) in [7, 11) is 0. The molecule has 118 heavy (non-hydrogen) atoms. The number of fused-ring (bicyclic) bond motifs is 6. The molecule has 0 bridgehead atoms. The molecule has 0 aliphatic heterocycles. The topological polar surface area (TPSA) is 126 Å². The summed E-state index contributed by atoms with van der Waals surface area (Å²) in [4.78, 5) is 25.6. The zero-order valence-electron chi connectivity index (χ0n) is 64.7. The maximum atomic E-state index is 12.9. The smallest absolute Gasteiger partial charge is 0.343 e. The zero-order chi connectivity index (χ0) is 74.7. The van der Waals surface area contributed by atoms with E-state index >= 15 is 0 Å². The Morgan fingerprint density at radius 2 is 0.619 bits per heavy atom. The Kier molecular flexibility index (Phi) is 49.1. The molecule has 0 atom stereocenters. The van der Waals surface area contributed by atoms with E-state index in [4.69, 9.17) is 47.4 Å². The predicted octanol–water partition coefficient (Wildman–Crippen LogP) is 30.2. The van der Waals surface area contributed by atoms with Crippen LogP contribution in [0.15, 0.2) is 182 Å². The summed E-state index contributed by atoms with van der Waals surface area (Å²) >= 11 is 0. The number of esters is 2. The van der Waals surface area contributed by atoms with Gasteiger partial charge in [0.2, 0.25) is 6.79 Å². The Morgan fingerprint density at radius 3 is 0.983 bits per heavy atom. The summed E-state index contributed by atoms with van der Waals surface area (Å²) in [6.45, 7) is 28.8. The van der Waals surface area contributed by atoms with Crippen molar-refractivity contribution in [1.29, 1.82) is 0 Å². The van der Waals surface area contributed by atoms with Crippen LogP contribution in [0, 0.1) is 31.6 Å². The van der Waals surface area contributed by atoms with Crippen molar-refractivity contribution in [3.05, 3.63) is 243 Å². The molecule has 2 saturated carbocycles. The van der Waals surface area contributed by atoms with Gasteiger partial charge in [0.1, 0.15) is 51.7 Å². The van der Waals surface area contributed by atoms with Crippen LogP contribution in [0.1, 0.15) is 289 Å². The highest BCUT2D eigenvalue weighted by Gasteiger charge is 2.38. The number of carbonyl (C=O) groups is 2. The van der Waals surface area contributed by atoms with E-state index in [2.05, 4.69) is 152 Å². The SMILES string of the molecule is C.C.C.C.C.C.C.C.C.C.C.C.CCC1CCC(OCOc2ccc3c(c2)C(C)(C)c2cc(OC(=O)C4CCC(CC)CC4)ccc2-3)CC1.CCOc1ccc(CCc2ccc(CCc3ccc(OCC)cc3)c(C)c2C)cc1.CCOc1ccc(OCOc2ccc3c(c2)C(C)(C)c2cc(OC(=O)c4ccc(OCC)cc4)ccc2-3)cc1. The van der Waals surface area contributed by atoms with Crippen LogP contribution in [0.2, 0.25) is 0 Å². The van der Waals surface area contributed by atoms with Gasteiger partial charge in [-0.2, -0.15) is 0 Å². The van der Waals surface area contributed by atoms with Gasteiger partial charge in [-0.15, -0.1) is 0 Å². The van der Waals surface area contributed by atoms with E-state index in [-0.39, 0.29) is 119 Å². The quantitative estimate of drug-likeness (QED) is 0.0263. The minimum Gasteiger partial charge on any atom is -0.494 e. The first-order valence-corrected chi connectivity index (χ1v) is 38.9. The molecule has 0 N–H and O–H groups in total. The molecule has 9 aromatic carbocycles. The van der Waals surface area contributed by atoms with Crippen LogP contribution in [0.4, 0.5) is 0 Å². The zero-order valence-corrected chi connectivity index (χ0v) is 64.7. The molecule has 654 valence electrons. The molecular formula is C106H158O12. The lowest BCUT2D eigenvalue weighted by Crippen LogP contribution is -2.25. The second-order valence-electron chi connectivity index (χ2n) is 29.6. The number of rotatable bonds is 28. The van der Waals surface area contributed by atoms with Crippen LogP contribution < -0.4 is 42.6 Å². The third-order valence-corrected chi connectivity index (χ3v) is 22.2. The van der Waals surface area contributed by atoms with E-state index in [1.54, 1.807) is 24.3 Å². The van der Waals surface area contributed by atoms with Crippen molar-refractivity contribution in [1.82, 2.24) is 0 Å². The third-order valence-electron chi connectivity index (χ3n) is 22.2. The second kappa shape index (κ2) is 52.4. The van der Waals surface area contributed by atoms with Crippen LogP contribution in [0.5, 0.6) is 51.7 Å². The first kappa shape index (κ1) is 111. The van der Waals surface area contributed by atoms with Crippen molar-refractivity contribution < 1.29 is 57.0 Å². The lowest BCUT2D eigenvalue weighted by Gasteiger charge is -2.27. The standard InChI is InChI=1S/C33H32O6.C33H44O4.C28H34O2.12CH4/c1-5-35-23-9-7-22(8-10-23)32(34)39-27-16-18-29-28-17-15-26(19-30(28)33(3,4)31(29)20-27)38-21-37-25-13-11-24(12-14-25)36-6-2;1-5-22-7-11-24(12-8-22)32(34)37-27-16-18-29-28-17-15-26(19-30(28)33(3,4)31(29)20-27)36-21-35-25-13-9-23(6-2)10-14-25;1-5-29-27-17-9-23(10-18-27)7-13-25-15-16-26(22(4)21(25)3)14-8-24-11-19-28(20-12-24)30-6-2;;;;;;;;;;;;/h7-20H,5-6,21H2,1-4H3;15-20,22-25H,5-14,21H2,1-4H3;9-12,15-20H,5-8,13-14H2,1-4H3;12*1H4. The number of ether oxygens (including phenoxy) is 10. The Hall–Kier alpha value is -9.52. The molecule has 0 aromatic heterocycles. The number of hydrogen-bond donors (Lipinski definition) is 0. The van der Waals surface area contributed by atoms with Crippen molar-refractivity contribution >= 4 is 11.9 Å². The van der Waals surface area contributed by atoms with Gasteiger partial charge in [-0.05, 0) is 330 Å². The molecule has 0 spiro atoms. The van der Waals surface area contributed by atoms with E-state index in [1.807, 2.05) is 88.4 Å². The van der Waals surface area contributed by atoms with Crippen molar-refractivity contribution in [2.24, 2.45) is 17.8 Å². The van der Waals surface area contributed by atoms with Gasteiger partial charge in [-0.25, -0.2) is 4.79 Å². The van der Waals surface area contributed by atoms with Gasteiger partial charge in [0, 0.05) is 10.8 Å². The molecule has 9 aromatic rings. The number of carbonyl (C=O) groups excluding carboxylic acids is 2. The van der Waals surface area contributed by atoms with E-state index in [0.29, 0.717) is 62.1 Å². The maximum absolute atomic E-state index is 12.9. The fourth-order valence-electron chi connectivity index (χ4n) is 15.5. The van der Waals surface area contributed by atoms with Crippen molar-refractivity contribution in [3.8, 4) is 74.0 Å². The van der Waals surface area contributed by atoms with Gasteiger partial charge in [-0.1, -0.05) is 204 Å². The maximum Gasteiger partial charge on any atom is 0.343 e. The highest BCUT2D eigenvalue weighted by Crippen LogP contribution is 2.52. The summed E-state index contributed by atoms with van der Waals surface area (Å²) in [5.41, 5.74) is 17.8. The van der Waals surface area contributed by atoms with Crippen LogP contribution in [0.3, 0.4) is 0 Å². The van der Waals surface area contributed by atoms with Crippen LogP contribution >= 0.6 is 0 Å². The fraction of sp³-hybridized carbons (Fsp3) is 0.472. The van der Waals surface area contributed by atoms with Crippen molar-refractivity contribution in [3.63, 3.8) is 0 Å². The first-order chi connectivity index (χ1) is 51.4. The highest BCUT2D eigenvalue weighted by atomic mass is 16.7. The van der Waals surface area contributed by atoms with E-state index in [0.717, 1.165) is 133 Å². The molecular weight excluding hydrogens is 1470 g/mol. The molecule has 0 amide bonds. The summed E-state index contributed by atoms with van der Waals surface area (Å²) in [5.74, 6) is 8.06. The van der Waals surface area contributed by atoms with Crippen molar-refractivity contribution in [2.45, 2.75) is 279 Å². The molecule has 4 aliphatic carbocycles. The minimum absolute atomic E-state index is 0. The van der Waals surface area contributed by atoms with E-state index in [9.17, 15) is 9.59 Å². The molecule has 13 rings (SSSR count). The Labute approximate surface area is 718 Å². The van der Waals surface area contributed by atoms with E-state index < -0.39 is 5.97 Å². The molecule has 0 unspecified atom stereocenters. The summed E-state index contributed by atoms with van der Waals surface area (Å²) in [5, 5.41) is 0. The van der Waals surface area contributed by atoms with Crippen LogP contribution in [0.25, 0.3) is 22.3 Å². The van der Waals surface area contributed by atoms with Gasteiger partial charge < -0.3 is 47.4 Å². The van der Waals surface area contributed by atoms with Crippen LogP contribution in [-0.4, -0.2) is 58.1 Å². The third kappa shape index (κ3) is 28.1. The molecule has 0 saturated heterocycles. The Balaban J connectivity index is 0. The predicted molar refractivity (Wildman–Crippen MR) is 505 cm³/mol. The highest BCUT2D eigenvalue weighted by molar-refractivity contribution is 5.92. The van der Waals surface area contributed by atoms with Gasteiger partial charge in [0.05, 0.1) is 44.0 Å². The summed E-state index contributed by atoms with van der Waals surface area (Å²) in [6.07, 6.45) is 16.0. The molecule has 0 radical (unpaired) electrons. The van der Waals surface area contributed by atoms with Gasteiger partial charge in [0.25, 0.3) is 0 Å². The lowest BCUT2D eigenvalue weighted by molar-refractivity contribution is -0.140. The number of aryl methyl sites for hydroxylation is 4. The number of hydrogen-bond acceptors (Lipinski definition) is 12. The Morgan fingerprint density at radius 1 is 0.322 bits per heavy atom. The summed E-state index contributed by atoms with van der Waals surface area (Å²) in [6, 6.07) is 60.4. The molecule has 12 heteroatoms. The average Bonchev–Trinajstić information content (AvgIpc) is 1.59. The molecule has 0 heterocycles. The number of benzene rings is 9. The van der Waals surface area contributed by atoms with Gasteiger partial charge in [-0.3, -0.25) is 4.79 Å². The Bertz CT molecular complexity index is 4270. The first-order valence-electron chi connectivity index (χ1n) is 38.9. The van der Waals surface area contributed by atoms with E-state index in [1.165, 1.54) is 81.3 Å². The van der Waals surface area contributed by atoms with Crippen molar-refractivity contribution in [2.75, 3.05) is 40.0 Å². The minimum atomic E-state index is -0.408. The summed E-state index contributed by atoms with van der Waals surface area (Å²) < 4.78 is 57.4. The van der Waals surface area contributed by atoms with Gasteiger partial charge in [0.15, 0.2) is 6.79 Å². The molecule has 2 fully saturated rings. The lowest BCUT2D eigenvalue weighted by atomic mass is 9.81. The average molecular weight is 1620 g/mol. The second-order valence-corrected chi connectivity index (χ2v) is 29.6. The van der Waals surface area contributed by atoms with Gasteiger partial charge >= 0.3 is 11.9 Å². The van der Waals surface area contributed by atoms with Crippen LogP contribution in [-0.2, 0) is 46.0 Å². The largest absolute Gasteiger partial charge is 0.494 e. The molecule has 12 nitrogen and oxygen atoms in total. The molecule has 4 aliphatic rings.